The third-order valence-corrected chi connectivity index (χ3v) is 6.24. The Morgan fingerprint density at radius 2 is 1.95 bits per heavy atom. The Bertz CT molecular complexity index is 635. The van der Waals surface area contributed by atoms with Crippen LogP contribution in [0.4, 0.5) is 10.1 Å². The first kappa shape index (κ1) is 14.7. The molecule has 0 aromatic heterocycles. The molecule has 2 aliphatic heterocycles. The molecule has 0 aliphatic carbocycles. The number of hydrogen-bond donors (Lipinski definition) is 1. The molecule has 2 saturated heterocycles. The van der Waals surface area contributed by atoms with Gasteiger partial charge in [0.05, 0.1) is 10.6 Å². The fraction of sp³-hybridized carbons (Fsp3) is 0.571. The van der Waals surface area contributed by atoms with Gasteiger partial charge in [-0.2, -0.15) is 4.31 Å². The first-order valence-corrected chi connectivity index (χ1v) is 8.72. The summed E-state index contributed by atoms with van der Waals surface area (Å²) in [6.45, 7) is 2.97. The Morgan fingerprint density at radius 1 is 1.19 bits per heavy atom. The van der Waals surface area contributed by atoms with Gasteiger partial charge in [0, 0.05) is 19.1 Å². The first-order valence-electron chi connectivity index (χ1n) is 7.28. The van der Waals surface area contributed by atoms with Crippen LogP contribution in [0.2, 0.25) is 0 Å². The molecule has 0 radical (unpaired) electrons. The van der Waals surface area contributed by atoms with Crippen molar-refractivity contribution < 1.29 is 12.8 Å². The Hall–Kier alpha value is -1.18. The average molecular weight is 313 g/mol. The molecule has 0 spiro atoms. The number of nitrogen functional groups attached to an aromatic ring is 1. The summed E-state index contributed by atoms with van der Waals surface area (Å²) in [7, 11) is -3.65. The average Bonchev–Trinajstić information content (AvgIpc) is 2.78. The van der Waals surface area contributed by atoms with Crippen LogP contribution in [-0.2, 0) is 10.0 Å². The van der Waals surface area contributed by atoms with Gasteiger partial charge >= 0.3 is 0 Å². The highest BCUT2D eigenvalue weighted by molar-refractivity contribution is 7.89. The van der Waals surface area contributed by atoms with E-state index in [2.05, 4.69) is 4.90 Å². The van der Waals surface area contributed by atoms with Gasteiger partial charge in [-0.3, -0.25) is 4.90 Å². The van der Waals surface area contributed by atoms with Gasteiger partial charge < -0.3 is 5.73 Å². The van der Waals surface area contributed by atoms with Crippen LogP contribution in [0.25, 0.3) is 0 Å². The largest absolute Gasteiger partial charge is 0.396 e. The van der Waals surface area contributed by atoms with Gasteiger partial charge in [-0.25, -0.2) is 12.8 Å². The zero-order chi connectivity index (χ0) is 15.0. The maximum absolute atomic E-state index is 13.6. The molecule has 21 heavy (non-hydrogen) atoms. The molecule has 0 bridgehead atoms. The second-order valence-corrected chi connectivity index (χ2v) is 7.67. The number of nitrogens with two attached hydrogens (primary N) is 1. The summed E-state index contributed by atoms with van der Waals surface area (Å²) in [5.41, 5.74) is 5.38. The van der Waals surface area contributed by atoms with E-state index in [0.717, 1.165) is 38.4 Å². The van der Waals surface area contributed by atoms with Crippen LogP contribution in [0.15, 0.2) is 23.1 Å². The molecular formula is C14H20FN3O2S. The molecule has 2 N–H and O–H groups in total. The third kappa shape index (κ3) is 2.77. The predicted octanol–water partition coefficient (Wildman–Crippen LogP) is 1.27. The maximum Gasteiger partial charge on any atom is 0.243 e. The lowest BCUT2D eigenvalue weighted by Crippen LogP contribution is -2.39. The van der Waals surface area contributed by atoms with Crippen LogP contribution < -0.4 is 5.73 Å². The van der Waals surface area contributed by atoms with Crippen LogP contribution in [-0.4, -0.2) is 49.8 Å². The lowest BCUT2D eigenvalue weighted by Gasteiger charge is -2.25. The summed E-state index contributed by atoms with van der Waals surface area (Å²) >= 11 is 0. The maximum atomic E-state index is 13.6. The third-order valence-electron chi connectivity index (χ3n) is 4.38. The topological polar surface area (TPSA) is 66.6 Å². The van der Waals surface area contributed by atoms with Crippen molar-refractivity contribution in [2.45, 2.75) is 30.2 Å². The molecule has 0 amide bonds. The lowest BCUT2D eigenvalue weighted by molar-refractivity contribution is 0.257. The Morgan fingerprint density at radius 3 is 2.71 bits per heavy atom. The minimum atomic E-state index is -3.65. The number of nitrogens with zero attached hydrogens (tertiary/aromatic N) is 2. The molecule has 0 saturated carbocycles. The number of hydrogen-bond acceptors (Lipinski definition) is 4. The van der Waals surface area contributed by atoms with E-state index in [0.29, 0.717) is 19.1 Å². The Kier molecular flexibility index (Phi) is 3.90. The number of halogens is 1. The summed E-state index contributed by atoms with van der Waals surface area (Å²) < 4.78 is 40.4. The van der Waals surface area contributed by atoms with Crippen molar-refractivity contribution in [1.82, 2.24) is 9.21 Å². The number of benzene rings is 1. The highest BCUT2D eigenvalue weighted by Gasteiger charge is 2.34. The van der Waals surface area contributed by atoms with Gasteiger partial charge in [0.15, 0.2) is 0 Å². The molecule has 2 heterocycles. The van der Waals surface area contributed by atoms with Crippen LogP contribution in [0.3, 0.4) is 0 Å². The van der Waals surface area contributed by atoms with Crippen molar-refractivity contribution in [3.05, 3.63) is 24.0 Å². The molecule has 2 fully saturated rings. The van der Waals surface area contributed by atoms with E-state index in [1.165, 1.54) is 16.4 Å². The van der Waals surface area contributed by atoms with E-state index in [-0.39, 0.29) is 10.6 Å². The SMILES string of the molecule is Nc1ccc(S(=O)(=O)N2CCCN3CCCC3C2)cc1F. The van der Waals surface area contributed by atoms with Crippen molar-refractivity contribution in [3.8, 4) is 0 Å². The zero-order valence-corrected chi connectivity index (χ0v) is 12.7. The van der Waals surface area contributed by atoms with Crippen LogP contribution in [0.1, 0.15) is 19.3 Å². The number of anilines is 1. The minimum Gasteiger partial charge on any atom is -0.396 e. The fourth-order valence-corrected chi connectivity index (χ4v) is 4.74. The Balaban J connectivity index is 1.88. The van der Waals surface area contributed by atoms with Gasteiger partial charge in [-0.1, -0.05) is 0 Å². The molecule has 1 aromatic carbocycles. The first-order chi connectivity index (χ1) is 9.98. The molecular weight excluding hydrogens is 293 g/mol. The van der Waals surface area contributed by atoms with E-state index in [1.807, 2.05) is 0 Å². The molecule has 2 aliphatic rings. The number of fused-ring (bicyclic) bond motifs is 1. The summed E-state index contributed by atoms with van der Waals surface area (Å²) in [6.07, 6.45) is 2.96. The summed E-state index contributed by atoms with van der Waals surface area (Å²) in [4.78, 5) is 2.35. The van der Waals surface area contributed by atoms with Gasteiger partial charge in [0.1, 0.15) is 5.82 Å². The summed E-state index contributed by atoms with van der Waals surface area (Å²) in [5.74, 6) is -0.687. The highest BCUT2D eigenvalue weighted by atomic mass is 32.2. The molecule has 1 aromatic rings. The van der Waals surface area contributed by atoms with Crippen molar-refractivity contribution >= 4 is 15.7 Å². The van der Waals surface area contributed by atoms with Crippen LogP contribution in [0.5, 0.6) is 0 Å². The van der Waals surface area contributed by atoms with Gasteiger partial charge in [0.25, 0.3) is 0 Å². The molecule has 116 valence electrons. The standard InChI is InChI=1S/C14H20FN3O2S/c15-13-9-12(4-5-14(13)16)21(19,20)18-8-2-7-17-6-1-3-11(17)10-18/h4-5,9,11H,1-3,6-8,10,16H2. The normalized spacial score (nSPS) is 24.7. The fourth-order valence-electron chi connectivity index (χ4n) is 3.21. The zero-order valence-electron chi connectivity index (χ0n) is 11.8. The van der Waals surface area contributed by atoms with Crippen molar-refractivity contribution in [1.29, 1.82) is 0 Å². The summed E-state index contributed by atoms with van der Waals surface area (Å²) in [5, 5.41) is 0. The second kappa shape index (κ2) is 5.55. The lowest BCUT2D eigenvalue weighted by atomic mass is 10.2. The number of sulfonamides is 1. The highest BCUT2D eigenvalue weighted by Crippen LogP contribution is 2.26. The number of rotatable bonds is 2. The summed E-state index contributed by atoms with van der Waals surface area (Å²) in [6, 6.07) is 4.00. The molecule has 1 unspecified atom stereocenters. The van der Waals surface area contributed by atoms with E-state index < -0.39 is 15.8 Å². The van der Waals surface area contributed by atoms with Crippen molar-refractivity contribution in [2.24, 2.45) is 0 Å². The molecule has 7 heteroatoms. The smallest absolute Gasteiger partial charge is 0.243 e. The van der Waals surface area contributed by atoms with Crippen molar-refractivity contribution in [2.75, 3.05) is 31.9 Å². The van der Waals surface area contributed by atoms with Crippen LogP contribution >= 0.6 is 0 Å². The Labute approximate surface area is 124 Å². The van der Waals surface area contributed by atoms with E-state index >= 15 is 0 Å². The van der Waals surface area contributed by atoms with Crippen molar-refractivity contribution in [3.63, 3.8) is 0 Å². The van der Waals surface area contributed by atoms with Crippen LogP contribution in [0, 0.1) is 5.82 Å². The van der Waals surface area contributed by atoms with E-state index in [9.17, 15) is 12.8 Å². The molecule has 5 nitrogen and oxygen atoms in total. The van der Waals surface area contributed by atoms with E-state index in [4.69, 9.17) is 5.73 Å². The molecule has 3 rings (SSSR count). The second-order valence-electron chi connectivity index (χ2n) is 5.73. The minimum absolute atomic E-state index is 0.0133. The monoisotopic (exact) mass is 313 g/mol. The van der Waals surface area contributed by atoms with Gasteiger partial charge in [0.2, 0.25) is 10.0 Å². The van der Waals surface area contributed by atoms with E-state index in [1.54, 1.807) is 0 Å². The molecule has 1 atom stereocenters. The van der Waals surface area contributed by atoms with Gasteiger partial charge in [-0.05, 0) is 50.6 Å². The quantitative estimate of drug-likeness (QED) is 0.835. The van der Waals surface area contributed by atoms with Gasteiger partial charge in [-0.15, -0.1) is 0 Å². The predicted molar refractivity (Wildman–Crippen MR) is 78.8 cm³/mol.